The molecule has 106 valence electrons. The van der Waals surface area contributed by atoms with Gasteiger partial charge in [-0.1, -0.05) is 30.4 Å². The Morgan fingerprint density at radius 2 is 2.21 bits per heavy atom. The molecule has 0 spiro atoms. The van der Waals surface area contributed by atoms with E-state index in [1.165, 1.54) is 7.11 Å². The van der Waals surface area contributed by atoms with Crippen LogP contribution in [0.25, 0.3) is 0 Å². The fourth-order valence-corrected chi connectivity index (χ4v) is 3.18. The van der Waals surface area contributed by atoms with Gasteiger partial charge >= 0.3 is 0 Å². The lowest BCUT2D eigenvalue weighted by Gasteiger charge is -2.13. The molecular weight excluding hydrogens is 284 g/mol. The van der Waals surface area contributed by atoms with Crippen molar-refractivity contribution in [2.45, 2.75) is 18.7 Å². The zero-order valence-electron chi connectivity index (χ0n) is 10.9. The summed E-state index contributed by atoms with van der Waals surface area (Å²) in [5, 5.41) is 0. The number of hydrogen-bond donors (Lipinski definition) is 2. The monoisotopic (exact) mass is 302 g/mol. The van der Waals surface area contributed by atoms with Crippen LogP contribution in [0.1, 0.15) is 18.1 Å². The van der Waals surface area contributed by atoms with Crippen molar-refractivity contribution in [1.82, 2.24) is 4.72 Å². The molecule has 0 bridgehead atoms. The summed E-state index contributed by atoms with van der Waals surface area (Å²) in [4.78, 5) is 0.250. The molecule has 0 radical (unpaired) electrons. The molecule has 5 nitrogen and oxygen atoms in total. The van der Waals surface area contributed by atoms with Crippen molar-refractivity contribution in [3.05, 3.63) is 35.4 Å². The molecule has 1 aromatic carbocycles. The highest BCUT2D eigenvalue weighted by atomic mass is 32.2. The molecule has 0 aromatic heterocycles. The van der Waals surface area contributed by atoms with E-state index >= 15 is 0 Å². The van der Waals surface area contributed by atoms with Crippen LogP contribution in [0.4, 0.5) is 0 Å². The van der Waals surface area contributed by atoms with Crippen LogP contribution in [0.2, 0.25) is 0 Å². The summed E-state index contributed by atoms with van der Waals surface area (Å²) in [6, 6.07) is 6.62. The Hall–Kier alpha value is -1.02. The molecule has 1 aromatic rings. The van der Waals surface area contributed by atoms with Crippen LogP contribution in [0, 0.1) is 0 Å². The summed E-state index contributed by atoms with van der Waals surface area (Å²) in [6.45, 7) is 2.07. The number of nitrogens with one attached hydrogen (secondary N) is 1. The Morgan fingerprint density at radius 1 is 1.53 bits per heavy atom. The average molecular weight is 302 g/mol. The van der Waals surface area contributed by atoms with Crippen LogP contribution >= 0.6 is 12.2 Å². The van der Waals surface area contributed by atoms with Gasteiger partial charge in [0.05, 0.1) is 12.4 Å². The molecular formula is C12H18N2O3S2. The van der Waals surface area contributed by atoms with Crippen LogP contribution in [-0.2, 0) is 20.5 Å². The molecule has 19 heavy (non-hydrogen) atoms. The van der Waals surface area contributed by atoms with Gasteiger partial charge in [-0.2, -0.15) is 0 Å². The molecule has 0 aliphatic rings. The summed E-state index contributed by atoms with van der Waals surface area (Å²) in [7, 11) is -1.89. The van der Waals surface area contributed by atoms with E-state index in [4.69, 9.17) is 22.7 Å². The second kappa shape index (κ2) is 6.95. The van der Waals surface area contributed by atoms with Crippen molar-refractivity contribution in [2.75, 3.05) is 13.7 Å². The summed E-state index contributed by atoms with van der Waals surface area (Å²) >= 11 is 4.86. The number of thiocarbonyl (C=S) groups is 1. The summed E-state index contributed by atoms with van der Waals surface area (Å²) in [5.74, 6) is -0.114. The average Bonchev–Trinajstić information content (AvgIpc) is 2.27. The highest BCUT2D eigenvalue weighted by Gasteiger charge is 2.15. The number of rotatable bonds is 7. The lowest BCUT2D eigenvalue weighted by molar-refractivity contribution is 0.180. The van der Waals surface area contributed by atoms with Crippen LogP contribution in [-0.4, -0.2) is 33.2 Å². The van der Waals surface area contributed by atoms with Gasteiger partial charge in [-0.3, -0.25) is 0 Å². The molecule has 0 heterocycles. The fourth-order valence-electron chi connectivity index (χ4n) is 1.67. The summed E-state index contributed by atoms with van der Waals surface area (Å²) < 4.78 is 31.3. The second-order valence-corrected chi connectivity index (χ2v) is 6.49. The molecule has 0 aliphatic heterocycles. The lowest BCUT2D eigenvalue weighted by Crippen LogP contribution is -2.36. The van der Waals surface area contributed by atoms with Gasteiger partial charge in [0, 0.05) is 18.7 Å². The van der Waals surface area contributed by atoms with Gasteiger partial charge in [-0.25, -0.2) is 13.1 Å². The number of nitrogens with two attached hydrogens (primary N) is 1. The van der Waals surface area contributed by atoms with E-state index in [9.17, 15) is 8.42 Å². The molecule has 3 N–H and O–H groups in total. The maximum Gasteiger partial charge on any atom is 0.216 e. The standard InChI is InChI=1S/C12H18N2O3S2/c1-9(7-17-2)14-19(15,16)8-10-4-3-5-11(6-10)12(13)18/h3-6,9,14H,7-8H2,1-2H3,(H2,13,18). The Morgan fingerprint density at radius 3 is 2.79 bits per heavy atom. The van der Waals surface area contributed by atoms with E-state index in [0.29, 0.717) is 17.7 Å². The van der Waals surface area contributed by atoms with Crippen molar-refractivity contribution in [3.8, 4) is 0 Å². The Bertz CT molecular complexity index is 544. The van der Waals surface area contributed by atoms with Gasteiger partial charge in [0.2, 0.25) is 10.0 Å². The van der Waals surface area contributed by atoms with Crippen molar-refractivity contribution in [1.29, 1.82) is 0 Å². The number of methoxy groups -OCH3 is 1. The molecule has 1 rings (SSSR count). The van der Waals surface area contributed by atoms with Crippen molar-refractivity contribution < 1.29 is 13.2 Å². The number of sulfonamides is 1. The van der Waals surface area contributed by atoms with Gasteiger partial charge < -0.3 is 10.5 Å². The first-order valence-corrected chi connectivity index (χ1v) is 7.78. The predicted octanol–water partition coefficient (Wildman–Crippen LogP) is 0.775. The van der Waals surface area contributed by atoms with Crippen molar-refractivity contribution in [3.63, 3.8) is 0 Å². The first-order valence-electron chi connectivity index (χ1n) is 5.72. The van der Waals surface area contributed by atoms with Crippen molar-refractivity contribution >= 4 is 27.2 Å². The summed E-state index contributed by atoms with van der Waals surface area (Å²) in [6.07, 6.45) is 0. The maximum absolute atomic E-state index is 11.9. The third kappa shape index (κ3) is 5.65. The molecule has 1 atom stereocenters. The molecule has 0 amide bonds. The van der Waals surface area contributed by atoms with E-state index < -0.39 is 10.0 Å². The highest BCUT2D eigenvalue weighted by Crippen LogP contribution is 2.09. The quantitative estimate of drug-likeness (QED) is 0.727. The zero-order chi connectivity index (χ0) is 14.5. The Labute approximate surface area is 119 Å². The molecule has 0 saturated heterocycles. The highest BCUT2D eigenvalue weighted by molar-refractivity contribution is 7.88. The zero-order valence-corrected chi connectivity index (χ0v) is 12.6. The van der Waals surface area contributed by atoms with E-state index in [1.54, 1.807) is 31.2 Å². The molecule has 7 heteroatoms. The Kier molecular flexibility index (Phi) is 5.86. The normalized spacial score (nSPS) is 13.2. The first-order chi connectivity index (χ1) is 8.84. The first kappa shape index (κ1) is 16.0. The van der Waals surface area contributed by atoms with E-state index in [0.717, 1.165) is 0 Å². The van der Waals surface area contributed by atoms with Crippen LogP contribution < -0.4 is 10.5 Å². The van der Waals surface area contributed by atoms with Crippen LogP contribution in [0.5, 0.6) is 0 Å². The smallest absolute Gasteiger partial charge is 0.216 e. The van der Waals surface area contributed by atoms with Gasteiger partial charge in [-0.15, -0.1) is 0 Å². The minimum atomic E-state index is -3.41. The number of hydrogen-bond acceptors (Lipinski definition) is 4. The molecule has 1 unspecified atom stereocenters. The van der Waals surface area contributed by atoms with Gasteiger partial charge in [0.15, 0.2) is 0 Å². The molecule has 0 fully saturated rings. The number of benzene rings is 1. The summed E-state index contributed by atoms with van der Waals surface area (Å²) in [5.41, 5.74) is 6.82. The van der Waals surface area contributed by atoms with E-state index in [1.807, 2.05) is 0 Å². The predicted molar refractivity (Wildman–Crippen MR) is 79.4 cm³/mol. The van der Waals surface area contributed by atoms with E-state index in [-0.39, 0.29) is 16.8 Å². The minimum Gasteiger partial charge on any atom is -0.389 e. The van der Waals surface area contributed by atoms with Gasteiger partial charge in [0.1, 0.15) is 4.99 Å². The third-order valence-corrected chi connectivity index (χ3v) is 4.08. The number of ether oxygens (including phenoxy) is 1. The van der Waals surface area contributed by atoms with Gasteiger partial charge in [0.25, 0.3) is 0 Å². The third-order valence-electron chi connectivity index (χ3n) is 2.37. The van der Waals surface area contributed by atoms with E-state index in [2.05, 4.69) is 4.72 Å². The van der Waals surface area contributed by atoms with Gasteiger partial charge in [-0.05, 0) is 18.6 Å². The topological polar surface area (TPSA) is 81.4 Å². The van der Waals surface area contributed by atoms with Crippen LogP contribution in [0.15, 0.2) is 24.3 Å². The maximum atomic E-state index is 11.9. The lowest BCUT2D eigenvalue weighted by atomic mass is 10.1. The molecule has 0 aliphatic carbocycles. The second-order valence-electron chi connectivity index (χ2n) is 4.30. The van der Waals surface area contributed by atoms with Crippen LogP contribution in [0.3, 0.4) is 0 Å². The Balaban J connectivity index is 2.78. The minimum absolute atomic E-state index is 0.114. The largest absolute Gasteiger partial charge is 0.389 e. The fraction of sp³-hybridized carbons (Fsp3) is 0.417. The molecule has 0 saturated carbocycles. The van der Waals surface area contributed by atoms with Crippen molar-refractivity contribution in [2.24, 2.45) is 5.73 Å². The SMILES string of the molecule is COCC(C)NS(=O)(=O)Cc1cccc(C(N)=S)c1.